The van der Waals surface area contributed by atoms with Crippen molar-refractivity contribution < 1.29 is 8.85 Å². The van der Waals surface area contributed by atoms with Gasteiger partial charge in [-0.3, -0.25) is 0 Å². The van der Waals surface area contributed by atoms with E-state index in [2.05, 4.69) is 56.8 Å². The number of alkyl halides is 1. The molecule has 0 aromatic carbocycles. The lowest BCUT2D eigenvalue weighted by atomic mass is 10.2. The molecule has 0 aromatic rings. The first-order chi connectivity index (χ1) is 7.39. The number of rotatable bonds is 9. The summed E-state index contributed by atoms with van der Waals surface area (Å²) < 4.78 is 13.3. The van der Waals surface area contributed by atoms with Gasteiger partial charge >= 0.3 is 8.56 Å². The van der Waals surface area contributed by atoms with Gasteiger partial charge in [0.2, 0.25) is 0 Å². The Morgan fingerprint density at radius 3 is 1.75 bits per heavy atom. The zero-order chi connectivity index (χ0) is 12.6. The zero-order valence-electron chi connectivity index (χ0n) is 11.4. The molecule has 98 valence electrons. The molecular weight excluding hydrogens is 331 g/mol. The van der Waals surface area contributed by atoms with E-state index < -0.39 is 8.56 Å². The summed E-state index contributed by atoms with van der Waals surface area (Å²) in [6, 6.07) is 1.12. The van der Waals surface area contributed by atoms with Crippen LogP contribution in [0.5, 0.6) is 0 Å². The second-order valence-corrected chi connectivity index (χ2v) is 9.76. The van der Waals surface area contributed by atoms with Crippen molar-refractivity contribution in [2.45, 2.75) is 46.7 Å². The maximum Gasteiger partial charge on any atom is 0.334 e. The quantitative estimate of drug-likeness (QED) is 0.349. The lowest BCUT2D eigenvalue weighted by Gasteiger charge is -2.28. The summed E-state index contributed by atoms with van der Waals surface area (Å²) in [7, 11) is -1.90. The van der Waals surface area contributed by atoms with Crippen LogP contribution in [0.2, 0.25) is 12.6 Å². The third-order valence-corrected chi connectivity index (χ3v) is 5.79. The molecule has 0 saturated heterocycles. The van der Waals surface area contributed by atoms with Gasteiger partial charge in [-0.05, 0) is 35.3 Å². The Kier molecular flexibility index (Phi) is 9.37. The van der Waals surface area contributed by atoms with E-state index >= 15 is 0 Å². The monoisotopic (exact) mass is 358 g/mol. The van der Waals surface area contributed by atoms with Gasteiger partial charge in [-0.1, -0.05) is 50.3 Å². The molecule has 0 spiro atoms. The van der Waals surface area contributed by atoms with Crippen LogP contribution in [0.25, 0.3) is 0 Å². The van der Waals surface area contributed by atoms with Gasteiger partial charge in [-0.25, -0.2) is 0 Å². The Labute approximate surface area is 116 Å². The zero-order valence-corrected chi connectivity index (χ0v) is 14.5. The standard InChI is InChI=1S/C12H27IO2Si/c1-11(2)9-14-16(5,8-6-7-13)15-10-12(3)4/h11-12H,6-10H2,1-5H3. The molecule has 0 amide bonds. The SMILES string of the molecule is CC(C)CO[Si](C)(CCCI)OCC(C)C. The molecule has 0 N–H and O–H groups in total. The van der Waals surface area contributed by atoms with E-state index in [1.54, 1.807) is 0 Å². The van der Waals surface area contributed by atoms with Crippen molar-refractivity contribution in [1.82, 2.24) is 0 Å². The van der Waals surface area contributed by atoms with Crippen LogP contribution in [0.15, 0.2) is 0 Å². The molecule has 0 aliphatic carbocycles. The van der Waals surface area contributed by atoms with Crippen molar-refractivity contribution in [3.8, 4) is 0 Å². The van der Waals surface area contributed by atoms with E-state index in [1.807, 2.05) is 0 Å². The van der Waals surface area contributed by atoms with Crippen LogP contribution >= 0.6 is 22.6 Å². The second kappa shape index (κ2) is 8.89. The average molecular weight is 358 g/mol. The predicted octanol–water partition coefficient (Wildman–Crippen LogP) is 4.23. The maximum absolute atomic E-state index is 6.06. The Hall–Kier alpha value is 0.867. The van der Waals surface area contributed by atoms with E-state index in [-0.39, 0.29) is 0 Å². The number of hydrogen-bond donors (Lipinski definition) is 0. The lowest BCUT2D eigenvalue weighted by Crippen LogP contribution is -2.40. The van der Waals surface area contributed by atoms with Crippen molar-refractivity contribution in [1.29, 1.82) is 0 Å². The van der Waals surface area contributed by atoms with E-state index in [1.165, 1.54) is 10.8 Å². The third kappa shape index (κ3) is 8.96. The first kappa shape index (κ1) is 16.9. The van der Waals surface area contributed by atoms with Crippen molar-refractivity contribution >= 4 is 31.2 Å². The minimum atomic E-state index is -1.90. The van der Waals surface area contributed by atoms with E-state index in [4.69, 9.17) is 8.85 Å². The molecule has 4 heteroatoms. The summed E-state index contributed by atoms with van der Waals surface area (Å²) in [5, 5.41) is 0. The fourth-order valence-electron chi connectivity index (χ4n) is 1.26. The Balaban J connectivity index is 4.12. The summed E-state index contributed by atoms with van der Waals surface area (Å²) in [6.07, 6.45) is 1.21. The molecule has 0 aliphatic heterocycles. The smallest absolute Gasteiger partial charge is 0.334 e. The second-order valence-electron chi connectivity index (χ2n) is 5.34. The highest BCUT2D eigenvalue weighted by molar-refractivity contribution is 14.1. The average Bonchev–Trinajstić information content (AvgIpc) is 2.21. The van der Waals surface area contributed by atoms with Crippen LogP contribution in [0, 0.1) is 11.8 Å². The normalized spacial score (nSPS) is 12.8. The predicted molar refractivity (Wildman–Crippen MR) is 81.5 cm³/mol. The van der Waals surface area contributed by atoms with Crippen molar-refractivity contribution in [2.75, 3.05) is 17.6 Å². The van der Waals surface area contributed by atoms with Crippen molar-refractivity contribution in [3.63, 3.8) is 0 Å². The Morgan fingerprint density at radius 1 is 1.00 bits per heavy atom. The molecule has 0 unspecified atom stereocenters. The highest BCUT2D eigenvalue weighted by atomic mass is 127. The van der Waals surface area contributed by atoms with Crippen molar-refractivity contribution in [2.24, 2.45) is 11.8 Å². The minimum Gasteiger partial charge on any atom is -0.394 e. The fraction of sp³-hybridized carbons (Fsp3) is 1.00. The summed E-state index contributed by atoms with van der Waals surface area (Å²) >= 11 is 2.42. The maximum atomic E-state index is 6.06. The van der Waals surface area contributed by atoms with E-state index in [9.17, 15) is 0 Å². The van der Waals surface area contributed by atoms with Crippen LogP contribution in [0.3, 0.4) is 0 Å². The lowest BCUT2D eigenvalue weighted by molar-refractivity contribution is 0.142. The Morgan fingerprint density at radius 2 is 1.44 bits per heavy atom. The van der Waals surface area contributed by atoms with Gasteiger partial charge in [-0.15, -0.1) is 0 Å². The summed E-state index contributed by atoms with van der Waals surface area (Å²) in [5.74, 6) is 1.18. The van der Waals surface area contributed by atoms with Gasteiger partial charge in [0.25, 0.3) is 0 Å². The molecule has 0 rings (SSSR count). The molecule has 0 heterocycles. The van der Waals surface area contributed by atoms with E-state index in [0.717, 1.165) is 19.3 Å². The summed E-state index contributed by atoms with van der Waals surface area (Å²) in [6.45, 7) is 12.6. The van der Waals surface area contributed by atoms with Gasteiger partial charge in [0.05, 0.1) is 0 Å². The number of hydrogen-bond acceptors (Lipinski definition) is 2. The molecule has 0 aliphatic rings. The third-order valence-electron chi connectivity index (χ3n) is 2.21. The Bertz CT molecular complexity index is 162. The van der Waals surface area contributed by atoms with Gasteiger partial charge in [0, 0.05) is 13.2 Å². The summed E-state index contributed by atoms with van der Waals surface area (Å²) in [4.78, 5) is 0. The molecule has 0 bridgehead atoms. The van der Waals surface area contributed by atoms with Crippen LogP contribution in [-0.2, 0) is 8.85 Å². The van der Waals surface area contributed by atoms with Crippen LogP contribution < -0.4 is 0 Å². The topological polar surface area (TPSA) is 18.5 Å². The fourth-order valence-corrected chi connectivity index (χ4v) is 4.92. The van der Waals surface area contributed by atoms with Gasteiger partial charge in [0.15, 0.2) is 0 Å². The molecule has 0 aromatic heterocycles. The van der Waals surface area contributed by atoms with E-state index in [0.29, 0.717) is 11.8 Å². The molecule has 0 atom stereocenters. The van der Waals surface area contributed by atoms with Crippen LogP contribution in [0.4, 0.5) is 0 Å². The first-order valence-corrected chi connectivity index (χ1v) is 10.3. The molecule has 16 heavy (non-hydrogen) atoms. The minimum absolute atomic E-state index is 0.592. The molecule has 0 radical (unpaired) electrons. The molecular formula is C12H27IO2Si. The first-order valence-electron chi connectivity index (χ1n) is 6.23. The highest BCUT2D eigenvalue weighted by Crippen LogP contribution is 2.19. The van der Waals surface area contributed by atoms with Gasteiger partial charge < -0.3 is 8.85 Å². The molecule has 0 fully saturated rings. The molecule has 2 nitrogen and oxygen atoms in total. The number of halogens is 1. The van der Waals surface area contributed by atoms with Crippen LogP contribution in [0.1, 0.15) is 34.1 Å². The summed E-state index contributed by atoms with van der Waals surface area (Å²) in [5.41, 5.74) is 0. The van der Waals surface area contributed by atoms with Crippen molar-refractivity contribution in [3.05, 3.63) is 0 Å². The highest BCUT2D eigenvalue weighted by Gasteiger charge is 2.31. The van der Waals surface area contributed by atoms with Gasteiger partial charge in [-0.2, -0.15) is 0 Å². The van der Waals surface area contributed by atoms with Crippen LogP contribution in [-0.4, -0.2) is 26.2 Å². The molecule has 0 saturated carbocycles. The largest absolute Gasteiger partial charge is 0.394 e. The van der Waals surface area contributed by atoms with Gasteiger partial charge in [0.1, 0.15) is 0 Å².